The normalized spacial score (nSPS) is 19.8. The predicted octanol–water partition coefficient (Wildman–Crippen LogP) is 3.49. The molecule has 0 saturated carbocycles. The second-order valence-corrected chi connectivity index (χ2v) is 11.7. The SMILES string of the molecule is CCOc1ccc2c(c1)CC(NCCCCO)C(=O)N2c1ccc2c(c1)[C@](O)([C@@H](C)/C=C/CCO)C(=O)N2CCCCC(=O)OC. The molecule has 2 aromatic rings. The van der Waals surface area contributed by atoms with E-state index in [2.05, 4.69) is 5.32 Å². The molecule has 4 N–H and O–H groups in total. The highest BCUT2D eigenvalue weighted by Gasteiger charge is 2.52. The molecule has 1 unspecified atom stereocenters. The summed E-state index contributed by atoms with van der Waals surface area (Å²) in [7, 11) is 1.34. The molecule has 4 rings (SSSR count). The summed E-state index contributed by atoms with van der Waals surface area (Å²) in [5.41, 5.74) is 1.16. The van der Waals surface area contributed by atoms with E-state index in [9.17, 15) is 29.7 Å². The monoisotopic (exact) mass is 637 g/mol. The lowest BCUT2D eigenvalue weighted by Crippen LogP contribution is -2.49. The summed E-state index contributed by atoms with van der Waals surface area (Å²) < 4.78 is 10.5. The number of fused-ring (bicyclic) bond motifs is 2. The molecule has 2 aliphatic heterocycles. The lowest BCUT2D eigenvalue weighted by molar-refractivity contribution is -0.140. The van der Waals surface area contributed by atoms with Crippen molar-refractivity contribution in [3.63, 3.8) is 0 Å². The van der Waals surface area contributed by atoms with Gasteiger partial charge in [0, 0.05) is 43.3 Å². The second-order valence-electron chi connectivity index (χ2n) is 11.7. The summed E-state index contributed by atoms with van der Waals surface area (Å²) >= 11 is 0. The fourth-order valence-corrected chi connectivity index (χ4v) is 6.17. The Bertz CT molecular complexity index is 1410. The van der Waals surface area contributed by atoms with E-state index in [1.165, 1.54) is 7.11 Å². The van der Waals surface area contributed by atoms with Crippen LogP contribution >= 0.6 is 0 Å². The minimum atomic E-state index is -1.91. The highest BCUT2D eigenvalue weighted by molar-refractivity contribution is 6.10. The van der Waals surface area contributed by atoms with Gasteiger partial charge in [0.1, 0.15) is 5.75 Å². The van der Waals surface area contributed by atoms with Crippen molar-refractivity contribution in [2.24, 2.45) is 5.92 Å². The molecule has 0 spiro atoms. The molecular weight excluding hydrogens is 590 g/mol. The van der Waals surface area contributed by atoms with Gasteiger partial charge in [0.2, 0.25) is 5.91 Å². The Morgan fingerprint density at radius 1 is 1.09 bits per heavy atom. The van der Waals surface area contributed by atoms with Gasteiger partial charge in [-0.1, -0.05) is 19.1 Å². The van der Waals surface area contributed by atoms with Crippen molar-refractivity contribution in [1.82, 2.24) is 5.32 Å². The average molecular weight is 638 g/mol. The molecule has 2 amide bonds. The predicted molar refractivity (Wildman–Crippen MR) is 175 cm³/mol. The molecular formula is C35H47N3O8. The molecule has 11 nitrogen and oxygen atoms in total. The number of carbonyl (C=O) groups excluding carboxylic acids is 3. The second kappa shape index (κ2) is 16.2. The van der Waals surface area contributed by atoms with Crippen LogP contribution in [0, 0.1) is 5.92 Å². The van der Waals surface area contributed by atoms with Crippen LogP contribution in [0.4, 0.5) is 17.1 Å². The molecule has 0 bridgehead atoms. The number of hydrogen-bond acceptors (Lipinski definition) is 9. The maximum atomic E-state index is 14.1. The minimum Gasteiger partial charge on any atom is -0.494 e. The minimum absolute atomic E-state index is 0.0562. The Balaban J connectivity index is 1.75. The molecule has 2 heterocycles. The van der Waals surface area contributed by atoms with Gasteiger partial charge in [-0.2, -0.15) is 0 Å². The van der Waals surface area contributed by atoms with Crippen molar-refractivity contribution in [3.8, 4) is 5.75 Å². The van der Waals surface area contributed by atoms with Crippen LogP contribution < -0.4 is 19.9 Å². The Labute approximate surface area is 270 Å². The molecule has 0 radical (unpaired) electrons. The highest BCUT2D eigenvalue weighted by Crippen LogP contribution is 2.48. The first-order valence-electron chi connectivity index (χ1n) is 16.2. The fourth-order valence-electron chi connectivity index (χ4n) is 6.17. The summed E-state index contributed by atoms with van der Waals surface area (Å²) in [6, 6.07) is 10.4. The Kier molecular flexibility index (Phi) is 12.3. The topological polar surface area (TPSA) is 149 Å². The number of benzene rings is 2. The van der Waals surface area contributed by atoms with Crippen LogP contribution in [0.2, 0.25) is 0 Å². The number of nitrogens with zero attached hydrogens (tertiary/aromatic N) is 2. The van der Waals surface area contributed by atoms with Crippen LogP contribution in [-0.2, 0) is 31.1 Å². The zero-order valence-corrected chi connectivity index (χ0v) is 27.0. The van der Waals surface area contributed by atoms with Crippen LogP contribution in [0.3, 0.4) is 0 Å². The Hall–Kier alpha value is -3.77. The molecule has 0 fully saturated rings. The Morgan fingerprint density at radius 3 is 2.59 bits per heavy atom. The van der Waals surface area contributed by atoms with Crippen molar-refractivity contribution in [2.45, 2.75) is 70.4 Å². The van der Waals surface area contributed by atoms with E-state index in [0.29, 0.717) is 80.2 Å². The summed E-state index contributed by atoms with van der Waals surface area (Å²) in [6.07, 6.45) is 6.94. The molecule has 3 atom stereocenters. The third kappa shape index (κ3) is 7.44. The number of ether oxygens (including phenoxy) is 2. The standard InChI is InChI=1S/C35H47N3O8/c1-4-46-27-14-16-30-25(21-27)22-29(36-17-7-10-20-40)33(42)38(30)26-13-15-31-28(23-26)35(44,24(2)11-6-9-19-39)34(43)37(31)18-8-5-12-32(41)45-3/h6,11,13-16,21,23-24,29,36,39-40,44H,4-5,7-10,12,17-20,22H2,1-3H3/b11-6+/t24-,29?,35+/m0/s1. The van der Waals surface area contributed by atoms with Crippen LogP contribution in [0.15, 0.2) is 48.6 Å². The van der Waals surface area contributed by atoms with Gasteiger partial charge >= 0.3 is 5.97 Å². The first-order valence-corrected chi connectivity index (χ1v) is 16.2. The van der Waals surface area contributed by atoms with Gasteiger partial charge in [-0.25, -0.2) is 0 Å². The Morgan fingerprint density at radius 2 is 1.87 bits per heavy atom. The third-order valence-corrected chi connectivity index (χ3v) is 8.65. The van der Waals surface area contributed by atoms with Crippen molar-refractivity contribution in [1.29, 1.82) is 0 Å². The number of aliphatic hydroxyl groups is 3. The van der Waals surface area contributed by atoms with Crippen LogP contribution in [0.5, 0.6) is 5.75 Å². The number of anilines is 3. The first kappa shape index (κ1) is 35.1. The van der Waals surface area contributed by atoms with Crippen molar-refractivity contribution >= 4 is 34.8 Å². The van der Waals surface area contributed by atoms with Gasteiger partial charge in [0.25, 0.3) is 5.91 Å². The van der Waals surface area contributed by atoms with Crippen molar-refractivity contribution in [2.75, 3.05) is 49.8 Å². The van der Waals surface area contributed by atoms with E-state index in [4.69, 9.17) is 9.47 Å². The van der Waals surface area contributed by atoms with E-state index in [-0.39, 0.29) is 31.5 Å². The molecule has 0 aliphatic carbocycles. The van der Waals surface area contributed by atoms with Gasteiger partial charge in [0.15, 0.2) is 5.60 Å². The lowest BCUT2D eigenvalue weighted by Gasteiger charge is -2.35. The van der Waals surface area contributed by atoms with Gasteiger partial charge in [0.05, 0.1) is 31.1 Å². The van der Waals surface area contributed by atoms with Crippen LogP contribution in [-0.4, -0.2) is 79.2 Å². The quantitative estimate of drug-likeness (QED) is 0.116. The first-order chi connectivity index (χ1) is 22.2. The number of carbonyl (C=O) groups is 3. The third-order valence-electron chi connectivity index (χ3n) is 8.65. The number of aliphatic hydroxyl groups excluding tert-OH is 2. The smallest absolute Gasteiger partial charge is 0.305 e. The van der Waals surface area contributed by atoms with E-state index in [1.807, 2.05) is 25.1 Å². The maximum Gasteiger partial charge on any atom is 0.305 e. The molecule has 0 aromatic heterocycles. The van der Waals surface area contributed by atoms with Crippen LogP contribution in [0.25, 0.3) is 0 Å². The number of methoxy groups -OCH3 is 1. The van der Waals surface area contributed by atoms with Gasteiger partial charge in [-0.05, 0) is 94.0 Å². The summed E-state index contributed by atoms with van der Waals surface area (Å²) in [4.78, 5) is 42.9. The molecule has 46 heavy (non-hydrogen) atoms. The number of unbranched alkanes of at least 4 members (excludes halogenated alkanes) is 2. The molecule has 250 valence electrons. The fraction of sp³-hybridized carbons (Fsp3) is 0.514. The van der Waals surface area contributed by atoms with Crippen molar-refractivity contribution < 1.29 is 39.2 Å². The van der Waals surface area contributed by atoms with E-state index in [1.54, 1.807) is 47.1 Å². The molecule has 11 heteroatoms. The number of amides is 2. The zero-order valence-electron chi connectivity index (χ0n) is 27.0. The maximum absolute atomic E-state index is 14.1. The zero-order chi connectivity index (χ0) is 33.3. The average Bonchev–Trinajstić information content (AvgIpc) is 3.27. The lowest BCUT2D eigenvalue weighted by atomic mass is 9.82. The molecule has 0 saturated heterocycles. The number of esters is 1. The van der Waals surface area contributed by atoms with Crippen LogP contribution in [0.1, 0.15) is 63.5 Å². The molecule has 2 aliphatic rings. The summed E-state index contributed by atoms with van der Waals surface area (Å²) in [6.45, 7) is 5.06. The summed E-state index contributed by atoms with van der Waals surface area (Å²) in [5, 5.41) is 34.0. The molecule has 2 aromatic carbocycles. The van der Waals surface area contributed by atoms with Gasteiger partial charge < -0.3 is 35.0 Å². The largest absolute Gasteiger partial charge is 0.494 e. The van der Waals surface area contributed by atoms with Crippen molar-refractivity contribution in [3.05, 3.63) is 59.7 Å². The van der Waals surface area contributed by atoms with E-state index in [0.717, 1.165) is 12.0 Å². The summed E-state index contributed by atoms with van der Waals surface area (Å²) in [5.74, 6) is -0.898. The highest BCUT2D eigenvalue weighted by atomic mass is 16.5. The number of rotatable bonds is 17. The van der Waals surface area contributed by atoms with Gasteiger partial charge in [-0.3, -0.25) is 19.3 Å². The van der Waals surface area contributed by atoms with Gasteiger partial charge in [-0.15, -0.1) is 0 Å². The van der Waals surface area contributed by atoms with E-state index >= 15 is 0 Å². The number of nitrogens with one attached hydrogen (secondary N) is 1. The number of hydrogen-bond donors (Lipinski definition) is 4. The van der Waals surface area contributed by atoms with E-state index < -0.39 is 23.5 Å².